The van der Waals surface area contributed by atoms with Gasteiger partial charge < -0.3 is 20.1 Å². The van der Waals surface area contributed by atoms with Crippen LogP contribution in [0.2, 0.25) is 5.02 Å². The molecule has 1 aromatic carbocycles. The molecule has 1 heterocycles. The highest BCUT2D eigenvalue weighted by Crippen LogP contribution is 2.27. The Morgan fingerprint density at radius 3 is 2.90 bits per heavy atom. The summed E-state index contributed by atoms with van der Waals surface area (Å²) in [4.78, 5) is 13.7. The Bertz CT molecular complexity index is 495. The number of methoxy groups -OCH3 is 1. The smallest absolute Gasteiger partial charge is 0.321 e. The van der Waals surface area contributed by atoms with E-state index in [9.17, 15) is 9.90 Å². The second-order valence-corrected chi connectivity index (χ2v) is 5.46. The molecule has 1 fully saturated rings. The SMILES string of the molecule is COc1ccc(NC(=O)N2CCC(C)C(O)C2)c(Cl)c1. The first kappa shape index (κ1) is 14.9. The maximum atomic E-state index is 12.1. The van der Waals surface area contributed by atoms with Crippen LogP contribution < -0.4 is 10.1 Å². The van der Waals surface area contributed by atoms with Gasteiger partial charge >= 0.3 is 6.03 Å². The number of nitrogens with one attached hydrogen (secondary N) is 1. The van der Waals surface area contributed by atoms with E-state index < -0.39 is 6.10 Å². The predicted octanol–water partition coefficient (Wildman–Crippen LogP) is 2.58. The van der Waals surface area contributed by atoms with Gasteiger partial charge in [0.2, 0.25) is 0 Å². The molecule has 0 aliphatic carbocycles. The third-order valence-electron chi connectivity index (χ3n) is 3.62. The molecule has 0 aromatic heterocycles. The van der Waals surface area contributed by atoms with Gasteiger partial charge in [-0.15, -0.1) is 0 Å². The van der Waals surface area contributed by atoms with E-state index in [1.54, 1.807) is 30.2 Å². The average molecular weight is 299 g/mol. The van der Waals surface area contributed by atoms with Crippen molar-refractivity contribution in [1.82, 2.24) is 4.90 Å². The van der Waals surface area contributed by atoms with Gasteiger partial charge in [-0.2, -0.15) is 0 Å². The molecule has 0 saturated carbocycles. The number of β-amino-alcohol motifs (C(OH)–C–C–N with tert-alkyl or cyclic N) is 1. The van der Waals surface area contributed by atoms with Crippen LogP contribution in [0, 0.1) is 5.92 Å². The van der Waals surface area contributed by atoms with Crippen molar-refractivity contribution in [2.24, 2.45) is 5.92 Å². The highest BCUT2D eigenvalue weighted by molar-refractivity contribution is 6.33. The lowest BCUT2D eigenvalue weighted by molar-refractivity contribution is 0.0464. The van der Waals surface area contributed by atoms with E-state index in [2.05, 4.69) is 5.32 Å². The van der Waals surface area contributed by atoms with Crippen molar-refractivity contribution in [2.45, 2.75) is 19.4 Å². The topological polar surface area (TPSA) is 61.8 Å². The third-order valence-corrected chi connectivity index (χ3v) is 3.94. The number of anilines is 1. The van der Waals surface area contributed by atoms with Crippen molar-refractivity contribution in [2.75, 3.05) is 25.5 Å². The molecular formula is C14H19ClN2O3. The number of hydrogen-bond acceptors (Lipinski definition) is 3. The Morgan fingerprint density at radius 1 is 1.55 bits per heavy atom. The summed E-state index contributed by atoms with van der Waals surface area (Å²) in [5.41, 5.74) is 0.533. The molecule has 6 heteroatoms. The van der Waals surface area contributed by atoms with Crippen LogP contribution in [0.3, 0.4) is 0 Å². The number of piperidine rings is 1. The average Bonchev–Trinajstić information content (AvgIpc) is 2.43. The summed E-state index contributed by atoms with van der Waals surface area (Å²) in [7, 11) is 1.56. The molecule has 1 saturated heterocycles. The van der Waals surface area contributed by atoms with Crippen LogP contribution in [-0.4, -0.2) is 42.3 Å². The fraction of sp³-hybridized carbons (Fsp3) is 0.500. The monoisotopic (exact) mass is 298 g/mol. The van der Waals surface area contributed by atoms with E-state index in [0.717, 1.165) is 6.42 Å². The second-order valence-electron chi connectivity index (χ2n) is 5.06. The number of aliphatic hydroxyl groups is 1. The minimum atomic E-state index is -0.471. The number of nitrogens with zero attached hydrogens (tertiary/aromatic N) is 1. The zero-order valence-corrected chi connectivity index (χ0v) is 12.4. The van der Waals surface area contributed by atoms with Gasteiger partial charge in [0.05, 0.1) is 23.9 Å². The Labute approximate surface area is 123 Å². The van der Waals surface area contributed by atoms with E-state index in [0.29, 0.717) is 29.5 Å². The standard InChI is InChI=1S/C14H19ClN2O3/c1-9-5-6-17(8-13(9)18)14(19)16-12-4-3-10(20-2)7-11(12)15/h3-4,7,9,13,18H,5-6,8H2,1-2H3,(H,16,19). The molecule has 1 aliphatic heterocycles. The molecular weight excluding hydrogens is 280 g/mol. The Balaban J connectivity index is 2.01. The van der Waals surface area contributed by atoms with Gasteiger partial charge in [-0.05, 0) is 24.5 Å². The van der Waals surface area contributed by atoms with Crippen molar-refractivity contribution in [1.29, 1.82) is 0 Å². The predicted molar refractivity (Wildman–Crippen MR) is 78.4 cm³/mol. The lowest BCUT2D eigenvalue weighted by Gasteiger charge is -2.34. The molecule has 2 amide bonds. The van der Waals surface area contributed by atoms with Crippen LogP contribution in [0.1, 0.15) is 13.3 Å². The molecule has 110 valence electrons. The normalized spacial score (nSPS) is 22.5. The molecule has 1 aromatic rings. The van der Waals surface area contributed by atoms with Crippen LogP contribution >= 0.6 is 11.6 Å². The van der Waals surface area contributed by atoms with E-state index in [4.69, 9.17) is 16.3 Å². The lowest BCUT2D eigenvalue weighted by atomic mass is 9.96. The number of rotatable bonds is 2. The molecule has 2 rings (SSSR count). The summed E-state index contributed by atoms with van der Waals surface area (Å²) < 4.78 is 5.06. The zero-order chi connectivity index (χ0) is 14.7. The van der Waals surface area contributed by atoms with Crippen molar-refractivity contribution in [3.05, 3.63) is 23.2 Å². The van der Waals surface area contributed by atoms with Gasteiger partial charge in [0.15, 0.2) is 0 Å². The molecule has 1 aliphatic rings. The third kappa shape index (κ3) is 3.35. The molecule has 0 bridgehead atoms. The van der Waals surface area contributed by atoms with Crippen LogP contribution in [0.15, 0.2) is 18.2 Å². The van der Waals surface area contributed by atoms with Gasteiger partial charge in [0.25, 0.3) is 0 Å². The number of amides is 2. The first-order valence-corrected chi connectivity index (χ1v) is 6.96. The molecule has 20 heavy (non-hydrogen) atoms. The van der Waals surface area contributed by atoms with Gasteiger partial charge in [-0.3, -0.25) is 0 Å². The highest BCUT2D eigenvalue weighted by Gasteiger charge is 2.27. The fourth-order valence-electron chi connectivity index (χ4n) is 2.15. The number of benzene rings is 1. The minimum Gasteiger partial charge on any atom is -0.497 e. The summed E-state index contributed by atoms with van der Waals surface area (Å²) in [6, 6.07) is 4.82. The fourth-order valence-corrected chi connectivity index (χ4v) is 2.37. The van der Waals surface area contributed by atoms with Crippen LogP contribution in [0.25, 0.3) is 0 Å². The van der Waals surface area contributed by atoms with Crippen LogP contribution in [0.4, 0.5) is 10.5 Å². The van der Waals surface area contributed by atoms with Gasteiger partial charge in [0.1, 0.15) is 5.75 Å². The number of aliphatic hydroxyl groups excluding tert-OH is 1. The largest absolute Gasteiger partial charge is 0.497 e. The van der Waals surface area contributed by atoms with E-state index >= 15 is 0 Å². The number of hydrogen-bond donors (Lipinski definition) is 2. The van der Waals surface area contributed by atoms with Crippen LogP contribution in [0.5, 0.6) is 5.75 Å². The van der Waals surface area contributed by atoms with Gasteiger partial charge in [0, 0.05) is 19.2 Å². The number of urea groups is 1. The first-order chi connectivity index (χ1) is 9.51. The number of carbonyl (C=O) groups excluding carboxylic acids is 1. The highest BCUT2D eigenvalue weighted by atomic mass is 35.5. The van der Waals surface area contributed by atoms with Gasteiger partial charge in [-0.25, -0.2) is 4.79 Å². The number of halogens is 1. The summed E-state index contributed by atoms with van der Waals surface area (Å²) in [5, 5.41) is 13.0. The Kier molecular flexibility index (Phi) is 4.73. The number of ether oxygens (including phenoxy) is 1. The summed E-state index contributed by atoms with van der Waals surface area (Å²) in [6.45, 7) is 2.97. The Hall–Kier alpha value is -1.46. The van der Waals surface area contributed by atoms with E-state index in [1.807, 2.05) is 6.92 Å². The van der Waals surface area contributed by atoms with Gasteiger partial charge in [-0.1, -0.05) is 18.5 Å². The molecule has 2 N–H and O–H groups in total. The maximum absolute atomic E-state index is 12.1. The van der Waals surface area contributed by atoms with Crippen molar-refractivity contribution >= 4 is 23.3 Å². The molecule has 0 spiro atoms. The molecule has 2 atom stereocenters. The van der Waals surface area contributed by atoms with Crippen molar-refractivity contribution in [3.8, 4) is 5.75 Å². The van der Waals surface area contributed by atoms with Crippen molar-refractivity contribution in [3.63, 3.8) is 0 Å². The minimum absolute atomic E-state index is 0.226. The van der Waals surface area contributed by atoms with E-state index in [1.165, 1.54) is 0 Å². The molecule has 0 radical (unpaired) electrons. The summed E-state index contributed by atoms with van der Waals surface area (Å²) in [6.07, 6.45) is 0.325. The quantitative estimate of drug-likeness (QED) is 0.882. The second kappa shape index (κ2) is 6.33. The lowest BCUT2D eigenvalue weighted by Crippen LogP contribution is -2.47. The zero-order valence-electron chi connectivity index (χ0n) is 11.6. The molecule has 2 unspecified atom stereocenters. The van der Waals surface area contributed by atoms with E-state index in [-0.39, 0.29) is 11.9 Å². The van der Waals surface area contributed by atoms with Crippen molar-refractivity contribution < 1.29 is 14.6 Å². The first-order valence-electron chi connectivity index (χ1n) is 6.58. The maximum Gasteiger partial charge on any atom is 0.321 e. The number of likely N-dealkylation sites (tertiary alicyclic amines) is 1. The summed E-state index contributed by atoms with van der Waals surface area (Å²) >= 11 is 6.08. The Morgan fingerprint density at radius 2 is 2.30 bits per heavy atom. The summed E-state index contributed by atoms with van der Waals surface area (Å²) in [5.74, 6) is 0.860. The number of carbonyl (C=O) groups is 1. The molecule has 5 nitrogen and oxygen atoms in total. The van der Waals surface area contributed by atoms with Crippen LogP contribution in [-0.2, 0) is 0 Å².